The van der Waals surface area contributed by atoms with Crippen LogP contribution < -0.4 is 19.1 Å². The van der Waals surface area contributed by atoms with Crippen molar-refractivity contribution in [2.24, 2.45) is 0 Å². The first-order valence-electron chi connectivity index (χ1n) is 11.4. The number of amides is 1. The standard InChI is InChI=1S/C28H31N3O4/c1-28(2,3)19-13-11-18(12-14-19)27(32)31(17-25-29-21-9-7-8-10-22(21)30-25)20-15-23(33-4)26(35-6)24(16-20)34-5/h7-16H,17H2,1-6H3,(H,29,30). The zero-order valence-electron chi connectivity index (χ0n) is 21.0. The number of carbonyl (C=O) groups is 1. The number of hydrogen-bond acceptors (Lipinski definition) is 5. The fourth-order valence-corrected chi connectivity index (χ4v) is 4.00. The highest BCUT2D eigenvalue weighted by molar-refractivity contribution is 6.06. The molecule has 1 aromatic heterocycles. The van der Waals surface area contributed by atoms with Crippen LogP contribution in [0.3, 0.4) is 0 Å². The van der Waals surface area contributed by atoms with Crippen LogP contribution in [0.25, 0.3) is 11.0 Å². The molecule has 1 heterocycles. The second kappa shape index (κ2) is 9.70. The van der Waals surface area contributed by atoms with Crippen molar-refractivity contribution in [1.82, 2.24) is 9.97 Å². The van der Waals surface area contributed by atoms with Crippen molar-refractivity contribution in [3.05, 3.63) is 77.6 Å². The minimum absolute atomic E-state index is 0.00768. The molecule has 0 saturated heterocycles. The molecule has 0 aliphatic rings. The Morgan fingerprint density at radius 1 is 0.914 bits per heavy atom. The summed E-state index contributed by atoms with van der Waals surface area (Å²) in [4.78, 5) is 23.5. The van der Waals surface area contributed by atoms with Crippen molar-refractivity contribution in [3.8, 4) is 17.2 Å². The number of aromatic nitrogens is 2. The molecule has 0 aliphatic heterocycles. The molecule has 1 amide bonds. The van der Waals surface area contributed by atoms with Crippen LogP contribution in [-0.4, -0.2) is 37.2 Å². The molecule has 4 rings (SSSR count). The van der Waals surface area contributed by atoms with Gasteiger partial charge in [-0.15, -0.1) is 0 Å². The monoisotopic (exact) mass is 473 g/mol. The molecule has 4 aromatic rings. The highest BCUT2D eigenvalue weighted by Gasteiger charge is 2.24. The number of aromatic amines is 1. The Balaban J connectivity index is 1.79. The van der Waals surface area contributed by atoms with Crippen LogP contribution in [0.5, 0.6) is 17.2 Å². The number of hydrogen-bond donors (Lipinski definition) is 1. The van der Waals surface area contributed by atoms with E-state index in [0.717, 1.165) is 16.6 Å². The van der Waals surface area contributed by atoms with Gasteiger partial charge < -0.3 is 24.1 Å². The summed E-state index contributed by atoms with van der Waals surface area (Å²) in [5, 5.41) is 0. The Morgan fingerprint density at radius 3 is 2.09 bits per heavy atom. The van der Waals surface area contributed by atoms with Crippen LogP contribution in [0.2, 0.25) is 0 Å². The van der Waals surface area contributed by atoms with Gasteiger partial charge in [0.15, 0.2) is 11.5 Å². The Kier molecular flexibility index (Phi) is 6.69. The first-order valence-corrected chi connectivity index (χ1v) is 11.4. The predicted octanol–water partition coefficient (Wildman–Crippen LogP) is 5.73. The maximum Gasteiger partial charge on any atom is 0.258 e. The maximum atomic E-state index is 13.9. The number of methoxy groups -OCH3 is 3. The molecule has 35 heavy (non-hydrogen) atoms. The molecule has 7 nitrogen and oxygen atoms in total. The lowest BCUT2D eigenvalue weighted by atomic mass is 9.86. The van der Waals surface area contributed by atoms with Gasteiger partial charge in [-0.25, -0.2) is 4.98 Å². The molecule has 0 radical (unpaired) electrons. The summed E-state index contributed by atoms with van der Waals surface area (Å²) >= 11 is 0. The third-order valence-corrected chi connectivity index (χ3v) is 5.95. The quantitative estimate of drug-likeness (QED) is 0.371. The molecular formula is C28H31N3O4. The first kappa shape index (κ1) is 24.1. The van der Waals surface area contributed by atoms with E-state index >= 15 is 0 Å². The van der Waals surface area contributed by atoms with Gasteiger partial charge in [-0.2, -0.15) is 0 Å². The van der Waals surface area contributed by atoms with Gasteiger partial charge >= 0.3 is 0 Å². The van der Waals surface area contributed by atoms with Crippen LogP contribution in [0.15, 0.2) is 60.7 Å². The smallest absolute Gasteiger partial charge is 0.258 e. The van der Waals surface area contributed by atoms with Crippen LogP contribution >= 0.6 is 0 Å². The third kappa shape index (κ3) is 4.94. The average Bonchev–Trinajstić information content (AvgIpc) is 3.28. The van der Waals surface area contributed by atoms with E-state index in [9.17, 15) is 4.79 Å². The lowest BCUT2D eigenvalue weighted by Gasteiger charge is -2.25. The number of rotatable bonds is 7. The molecule has 0 bridgehead atoms. The third-order valence-electron chi connectivity index (χ3n) is 5.95. The first-order chi connectivity index (χ1) is 16.7. The lowest BCUT2D eigenvalue weighted by molar-refractivity contribution is 0.0984. The number of nitrogens with one attached hydrogen (secondary N) is 1. The van der Waals surface area contributed by atoms with Crippen molar-refractivity contribution in [1.29, 1.82) is 0 Å². The van der Waals surface area contributed by atoms with Gasteiger partial charge in [-0.1, -0.05) is 45.0 Å². The highest BCUT2D eigenvalue weighted by Crippen LogP contribution is 2.41. The summed E-state index contributed by atoms with van der Waals surface area (Å²) in [7, 11) is 4.66. The molecule has 7 heteroatoms. The molecule has 182 valence electrons. The average molecular weight is 474 g/mol. The number of nitrogens with zero attached hydrogens (tertiary/aromatic N) is 2. The van der Waals surface area contributed by atoms with E-state index in [1.807, 2.05) is 48.5 Å². The van der Waals surface area contributed by atoms with Gasteiger partial charge in [0.2, 0.25) is 5.75 Å². The molecule has 0 aliphatic carbocycles. The van der Waals surface area contributed by atoms with E-state index in [1.54, 1.807) is 38.4 Å². The van der Waals surface area contributed by atoms with Gasteiger partial charge in [0.1, 0.15) is 5.82 Å². The van der Waals surface area contributed by atoms with E-state index in [2.05, 4.69) is 30.7 Å². The van der Waals surface area contributed by atoms with Crippen molar-refractivity contribution in [2.75, 3.05) is 26.2 Å². The van der Waals surface area contributed by atoms with Crippen molar-refractivity contribution in [3.63, 3.8) is 0 Å². The molecule has 1 N–H and O–H groups in total. The topological polar surface area (TPSA) is 76.7 Å². The summed E-state index contributed by atoms with van der Waals surface area (Å²) in [6, 6.07) is 19.1. The molecule has 0 unspecified atom stereocenters. The van der Waals surface area contributed by atoms with Gasteiger partial charge in [0, 0.05) is 17.7 Å². The summed E-state index contributed by atoms with van der Waals surface area (Å²) in [6.45, 7) is 6.67. The normalized spacial score (nSPS) is 11.4. The van der Waals surface area contributed by atoms with Gasteiger partial charge in [0.05, 0.1) is 44.6 Å². The van der Waals surface area contributed by atoms with Gasteiger partial charge in [-0.05, 0) is 35.2 Å². The predicted molar refractivity (Wildman–Crippen MR) is 138 cm³/mol. The van der Waals surface area contributed by atoms with Gasteiger partial charge in [0.25, 0.3) is 5.91 Å². The number of carbonyl (C=O) groups excluding carboxylic acids is 1. The molecule has 0 saturated carbocycles. The number of H-pyrrole nitrogens is 1. The largest absolute Gasteiger partial charge is 0.493 e. The van der Waals surface area contributed by atoms with E-state index in [4.69, 9.17) is 14.2 Å². The number of para-hydroxylation sites is 2. The Morgan fingerprint density at radius 2 is 1.54 bits per heavy atom. The summed E-state index contributed by atoms with van der Waals surface area (Å²) < 4.78 is 16.5. The van der Waals surface area contributed by atoms with Crippen molar-refractivity contribution >= 4 is 22.6 Å². The zero-order valence-corrected chi connectivity index (χ0v) is 21.0. The number of fused-ring (bicyclic) bond motifs is 1. The van der Waals surface area contributed by atoms with Crippen LogP contribution in [-0.2, 0) is 12.0 Å². The number of ether oxygens (including phenoxy) is 3. The Hall–Kier alpha value is -4.00. The van der Waals surface area contributed by atoms with Gasteiger partial charge in [-0.3, -0.25) is 4.79 Å². The molecular weight excluding hydrogens is 442 g/mol. The molecule has 0 atom stereocenters. The van der Waals surface area contributed by atoms with Crippen molar-refractivity contribution in [2.45, 2.75) is 32.7 Å². The molecule has 3 aromatic carbocycles. The lowest BCUT2D eigenvalue weighted by Crippen LogP contribution is -2.31. The second-order valence-corrected chi connectivity index (χ2v) is 9.30. The number of benzene rings is 3. The van der Waals surface area contributed by atoms with E-state index < -0.39 is 0 Å². The Labute approximate surface area is 205 Å². The summed E-state index contributed by atoms with van der Waals surface area (Å²) in [5.41, 5.74) is 4.08. The second-order valence-electron chi connectivity index (χ2n) is 9.30. The SMILES string of the molecule is COc1cc(N(Cc2nc3ccccc3[nH]2)C(=O)c2ccc(C(C)(C)C)cc2)cc(OC)c1OC. The van der Waals surface area contributed by atoms with Crippen LogP contribution in [0.1, 0.15) is 42.5 Å². The minimum Gasteiger partial charge on any atom is -0.493 e. The van der Waals surface area contributed by atoms with E-state index in [-0.39, 0.29) is 17.9 Å². The fraction of sp³-hybridized carbons (Fsp3) is 0.286. The zero-order chi connectivity index (χ0) is 25.2. The van der Waals surface area contributed by atoms with E-state index in [1.165, 1.54) is 0 Å². The Bertz CT molecular complexity index is 1280. The van der Waals surface area contributed by atoms with Crippen LogP contribution in [0.4, 0.5) is 5.69 Å². The fourth-order valence-electron chi connectivity index (χ4n) is 4.00. The summed E-state index contributed by atoms with van der Waals surface area (Å²) in [6.07, 6.45) is 0. The highest BCUT2D eigenvalue weighted by atomic mass is 16.5. The molecule has 0 fully saturated rings. The number of anilines is 1. The number of imidazole rings is 1. The summed E-state index contributed by atoms with van der Waals surface area (Å²) in [5.74, 6) is 1.89. The molecule has 0 spiro atoms. The minimum atomic E-state index is -0.166. The van der Waals surface area contributed by atoms with E-state index in [0.29, 0.717) is 34.3 Å². The van der Waals surface area contributed by atoms with Crippen molar-refractivity contribution < 1.29 is 19.0 Å². The maximum absolute atomic E-state index is 13.9. The van der Waals surface area contributed by atoms with Crippen LogP contribution in [0, 0.1) is 0 Å².